The van der Waals surface area contributed by atoms with Crippen molar-refractivity contribution in [3.05, 3.63) is 53.9 Å². The first kappa shape index (κ1) is 16.7. The lowest BCUT2D eigenvalue weighted by Crippen LogP contribution is -2.28. The first-order chi connectivity index (χ1) is 10.7. The topological polar surface area (TPSA) is 63.2 Å². The van der Waals surface area contributed by atoms with Crippen molar-refractivity contribution >= 4 is 34.4 Å². The predicted octanol–water partition coefficient (Wildman–Crippen LogP) is 2.51. The van der Waals surface area contributed by atoms with E-state index >= 15 is 0 Å². The van der Waals surface area contributed by atoms with Crippen LogP contribution in [-0.2, 0) is 4.74 Å². The molecule has 0 saturated heterocycles. The van der Waals surface area contributed by atoms with Crippen LogP contribution in [-0.4, -0.2) is 41.4 Å². The van der Waals surface area contributed by atoms with Crippen LogP contribution in [0.3, 0.4) is 0 Å². The van der Waals surface area contributed by atoms with Crippen LogP contribution in [0.25, 0.3) is 0 Å². The summed E-state index contributed by atoms with van der Waals surface area (Å²) in [4.78, 5) is 10.2. The molecular weight excluding hydrogens is 391 g/mol. The summed E-state index contributed by atoms with van der Waals surface area (Å²) in [5.41, 5.74) is 6.89. The van der Waals surface area contributed by atoms with Gasteiger partial charge in [-0.15, -0.1) is 0 Å². The van der Waals surface area contributed by atoms with Gasteiger partial charge in [-0.05, 0) is 17.5 Å². The molecule has 0 fully saturated rings. The molecule has 0 bridgehead atoms. The quantitative estimate of drug-likeness (QED) is 0.427. The molecule has 2 rings (SSSR count). The van der Waals surface area contributed by atoms with Crippen molar-refractivity contribution in [1.82, 2.24) is 4.90 Å². The number of alkyl halides is 1. The van der Waals surface area contributed by atoms with E-state index in [4.69, 9.17) is 10.5 Å². The van der Waals surface area contributed by atoms with Gasteiger partial charge in [-0.3, -0.25) is 0 Å². The smallest absolute Gasteiger partial charge is 0.230 e. The maximum Gasteiger partial charge on any atom is 0.230 e. The van der Waals surface area contributed by atoms with E-state index in [1.165, 1.54) is 5.56 Å². The molecule has 1 unspecified atom stereocenters. The van der Waals surface area contributed by atoms with E-state index in [0.29, 0.717) is 6.61 Å². The number of likely N-dealkylation sites (N-methyl/N-ethyl adjacent to an activating group) is 1. The normalized spacial score (nSPS) is 15.0. The molecule has 1 aromatic carbocycles. The third-order valence-electron chi connectivity index (χ3n) is 3.23. The Morgan fingerprint density at radius 1 is 1.36 bits per heavy atom. The second-order valence-corrected chi connectivity index (χ2v) is 5.78. The van der Waals surface area contributed by atoms with Crippen LogP contribution in [0.4, 0.5) is 0 Å². The van der Waals surface area contributed by atoms with E-state index in [-0.39, 0.29) is 12.0 Å². The fourth-order valence-electron chi connectivity index (χ4n) is 2.11. The molecule has 1 aliphatic heterocycles. The highest BCUT2D eigenvalue weighted by Crippen LogP contribution is 2.24. The van der Waals surface area contributed by atoms with Gasteiger partial charge in [0.15, 0.2) is 0 Å². The molecule has 0 amide bonds. The van der Waals surface area contributed by atoms with Crippen LogP contribution in [0.2, 0.25) is 0 Å². The minimum absolute atomic E-state index is 0.0541. The number of ether oxygens (including phenoxy) is 1. The standard InChI is InChI=1S/C16H19IN4O/c1-21(15-8-5-10-19-16(18)20-15)14(12-22-11-9-17)13-6-3-2-4-7-13/h2-8,14H,9,11-12H2,1H3,(H2,18,20). The Bertz CT molecular complexity index is 606. The fourth-order valence-corrected chi connectivity index (χ4v) is 2.42. The van der Waals surface area contributed by atoms with Crippen molar-refractivity contribution in [3.63, 3.8) is 0 Å². The minimum Gasteiger partial charge on any atom is -0.378 e. The summed E-state index contributed by atoms with van der Waals surface area (Å²) in [6.07, 6.45) is 3.56. The molecule has 0 saturated carbocycles. The molecule has 0 radical (unpaired) electrons. The van der Waals surface area contributed by atoms with Gasteiger partial charge in [0.2, 0.25) is 5.96 Å². The Kier molecular flexibility index (Phi) is 6.64. The number of rotatable bonds is 7. The molecule has 1 heterocycles. The largest absolute Gasteiger partial charge is 0.378 e. The second kappa shape index (κ2) is 8.73. The molecule has 5 nitrogen and oxygen atoms in total. The average molecular weight is 410 g/mol. The number of allylic oxidation sites excluding steroid dienone is 2. The maximum atomic E-state index is 5.76. The van der Waals surface area contributed by atoms with E-state index < -0.39 is 0 Å². The summed E-state index contributed by atoms with van der Waals surface area (Å²) >= 11 is 2.30. The number of hydrogen-bond donors (Lipinski definition) is 1. The zero-order valence-electron chi connectivity index (χ0n) is 12.4. The van der Waals surface area contributed by atoms with Crippen LogP contribution >= 0.6 is 22.6 Å². The number of aliphatic imine (C=N–C) groups is 2. The molecule has 22 heavy (non-hydrogen) atoms. The lowest BCUT2D eigenvalue weighted by molar-refractivity contribution is 0.0926. The number of guanidine groups is 1. The highest BCUT2D eigenvalue weighted by atomic mass is 127. The summed E-state index contributed by atoms with van der Waals surface area (Å²) in [5.74, 6) is 3.66. The van der Waals surface area contributed by atoms with Crippen molar-refractivity contribution in [2.45, 2.75) is 6.04 Å². The maximum absolute atomic E-state index is 5.76. The van der Waals surface area contributed by atoms with Gasteiger partial charge in [-0.25, -0.2) is 0 Å². The van der Waals surface area contributed by atoms with Gasteiger partial charge in [0.05, 0.1) is 19.3 Å². The van der Waals surface area contributed by atoms with Gasteiger partial charge < -0.3 is 15.4 Å². The molecule has 6 heteroatoms. The molecule has 116 valence electrons. The Balaban J connectivity index is 2.22. The van der Waals surface area contributed by atoms with Crippen molar-refractivity contribution in [2.75, 3.05) is 24.7 Å². The van der Waals surface area contributed by atoms with Crippen LogP contribution in [0, 0.1) is 0 Å². The lowest BCUT2D eigenvalue weighted by atomic mass is 10.1. The highest BCUT2D eigenvalue weighted by Gasteiger charge is 2.19. The van der Waals surface area contributed by atoms with E-state index in [1.807, 2.05) is 31.3 Å². The van der Waals surface area contributed by atoms with Gasteiger partial charge in [-0.2, -0.15) is 9.98 Å². The number of halogens is 1. The number of nitrogens with two attached hydrogens (primary N) is 1. The Morgan fingerprint density at radius 2 is 2.14 bits per heavy atom. The monoisotopic (exact) mass is 410 g/mol. The van der Waals surface area contributed by atoms with Crippen molar-refractivity contribution in [3.8, 4) is 0 Å². The van der Waals surface area contributed by atoms with Crippen molar-refractivity contribution in [2.24, 2.45) is 15.7 Å². The molecule has 0 aromatic heterocycles. The Labute approximate surface area is 144 Å². The van der Waals surface area contributed by atoms with Gasteiger partial charge in [0.25, 0.3) is 0 Å². The third-order valence-corrected chi connectivity index (χ3v) is 3.67. The highest BCUT2D eigenvalue weighted by molar-refractivity contribution is 14.1. The summed E-state index contributed by atoms with van der Waals surface area (Å²) in [6.45, 7) is 1.31. The molecular formula is C16H19IN4O. The van der Waals surface area contributed by atoms with Crippen LogP contribution in [0.1, 0.15) is 11.6 Å². The fraction of sp³-hybridized carbons (Fsp3) is 0.312. The van der Waals surface area contributed by atoms with Gasteiger partial charge in [0.1, 0.15) is 5.82 Å². The van der Waals surface area contributed by atoms with E-state index in [2.05, 4.69) is 55.5 Å². The first-order valence-electron chi connectivity index (χ1n) is 6.98. The third kappa shape index (κ3) is 4.69. The summed E-state index contributed by atoms with van der Waals surface area (Å²) < 4.78 is 6.73. The molecule has 1 aliphatic rings. The Morgan fingerprint density at radius 3 is 2.86 bits per heavy atom. The zero-order chi connectivity index (χ0) is 15.8. The number of benzene rings is 1. The van der Waals surface area contributed by atoms with E-state index in [1.54, 1.807) is 6.08 Å². The summed E-state index contributed by atoms with van der Waals surface area (Å²) in [6, 6.07) is 10.3. The van der Waals surface area contributed by atoms with Gasteiger partial charge in [0, 0.05) is 17.6 Å². The number of nitrogens with zero attached hydrogens (tertiary/aromatic N) is 3. The summed E-state index contributed by atoms with van der Waals surface area (Å²) in [7, 11) is 1.98. The van der Waals surface area contributed by atoms with E-state index in [9.17, 15) is 0 Å². The average Bonchev–Trinajstić information content (AvgIpc) is 2.76. The van der Waals surface area contributed by atoms with Gasteiger partial charge in [-0.1, -0.05) is 52.9 Å². The number of hydrogen-bond acceptors (Lipinski definition) is 5. The first-order valence-corrected chi connectivity index (χ1v) is 8.50. The summed E-state index contributed by atoms with van der Waals surface area (Å²) in [5, 5.41) is 0. The Hall–Kier alpha value is -1.63. The van der Waals surface area contributed by atoms with Crippen LogP contribution < -0.4 is 5.73 Å². The second-order valence-electron chi connectivity index (χ2n) is 4.70. The van der Waals surface area contributed by atoms with Crippen molar-refractivity contribution < 1.29 is 4.74 Å². The minimum atomic E-state index is 0.0541. The molecule has 0 aliphatic carbocycles. The SMILES string of the molecule is CN(C1=CC=C=NC(N)=N1)C(COCCI)c1ccccc1. The zero-order valence-corrected chi connectivity index (χ0v) is 14.6. The molecule has 0 spiro atoms. The molecule has 1 atom stereocenters. The predicted molar refractivity (Wildman–Crippen MR) is 98.4 cm³/mol. The van der Waals surface area contributed by atoms with Crippen LogP contribution in [0.15, 0.2) is 58.3 Å². The van der Waals surface area contributed by atoms with Gasteiger partial charge >= 0.3 is 0 Å². The molecule has 2 N–H and O–H groups in total. The van der Waals surface area contributed by atoms with Crippen molar-refractivity contribution in [1.29, 1.82) is 0 Å². The van der Waals surface area contributed by atoms with E-state index in [0.717, 1.165) is 16.9 Å². The molecule has 1 aromatic rings. The van der Waals surface area contributed by atoms with Crippen LogP contribution in [0.5, 0.6) is 0 Å². The lowest BCUT2D eigenvalue weighted by Gasteiger charge is -2.30.